The zero-order valence-electron chi connectivity index (χ0n) is 10.2. The molecule has 1 amide bonds. The van der Waals surface area contributed by atoms with E-state index in [4.69, 9.17) is 5.11 Å². The standard InChI is InChI=1S/C13H9BrFNO3S/c1-6-4-9(13(18)19)12(20-6)16-11(17)8-5-7(14)2-3-10(8)15/h2-5H,1H3,(H,16,17)(H,18,19). The highest BCUT2D eigenvalue weighted by molar-refractivity contribution is 9.10. The highest BCUT2D eigenvalue weighted by atomic mass is 79.9. The summed E-state index contributed by atoms with van der Waals surface area (Å²) in [7, 11) is 0. The first kappa shape index (κ1) is 14.7. The molecule has 0 saturated heterocycles. The minimum absolute atomic E-state index is 0.00347. The maximum Gasteiger partial charge on any atom is 0.338 e. The Balaban J connectivity index is 2.32. The number of thiophene rings is 1. The van der Waals surface area contributed by atoms with Crippen LogP contribution in [0.1, 0.15) is 25.6 Å². The number of hydrogen-bond donors (Lipinski definition) is 2. The quantitative estimate of drug-likeness (QED) is 0.874. The van der Waals surface area contributed by atoms with E-state index in [0.29, 0.717) is 4.47 Å². The molecule has 4 nitrogen and oxygen atoms in total. The second-order valence-corrected chi connectivity index (χ2v) is 6.16. The Morgan fingerprint density at radius 2 is 2.00 bits per heavy atom. The summed E-state index contributed by atoms with van der Waals surface area (Å²) < 4.78 is 14.2. The summed E-state index contributed by atoms with van der Waals surface area (Å²) >= 11 is 4.28. The van der Waals surface area contributed by atoms with Crippen LogP contribution in [-0.4, -0.2) is 17.0 Å². The molecular weight excluding hydrogens is 349 g/mol. The lowest BCUT2D eigenvalue weighted by Crippen LogP contribution is -2.14. The lowest BCUT2D eigenvalue weighted by molar-refractivity contribution is 0.0698. The number of nitrogens with one attached hydrogen (secondary N) is 1. The van der Waals surface area contributed by atoms with Gasteiger partial charge in [-0.1, -0.05) is 15.9 Å². The number of rotatable bonds is 3. The Morgan fingerprint density at radius 3 is 2.65 bits per heavy atom. The summed E-state index contributed by atoms with van der Waals surface area (Å²) in [5.41, 5.74) is -0.155. The van der Waals surface area contributed by atoms with Crippen molar-refractivity contribution in [2.45, 2.75) is 6.92 Å². The number of carboxylic acid groups (broad SMARTS) is 1. The second-order valence-electron chi connectivity index (χ2n) is 3.98. The van der Waals surface area contributed by atoms with Crippen molar-refractivity contribution in [2.75, 3.05) is 5.32 Å². The maximum atomic E-state index is 13.6. The maximum absolute atomic E-state index is 13.6. The fourth-order valence-electron chi connectivity index (χ4n) is 1.61. The molecule has 0 atom stereocenters. The average Bonchev–Trinajstić information content (AvgIpc) is 2.73. The first-order chi connectivity index (χ1) is 9.38. The number of aromatic carboxylic acids is 1. The Morgan fingerprint density at radius 1 is 1.30 bits per heavy atom. The number of carbonyl (C=O) groups excluding carboxylic acids is 1. The molecule has 0 saturated carbocycles. The molecule has 7 heteroatoms. The van der Waals surface area contributed by atoms with Gasteiger partial charge in [0.2, 0.25) is 0 Å². The first-order valence-electron chi connectivity index (χ1n) is 5.48. The summed E-state index contributed by atoms with van der Waals surface area (Å²) in [6.45, 7) is 1.73. The number of carboxylic acids is 1. The molecule has 0 bridgehead atoms. The van der Waals surface area contributed by atoms with Crippen LogP contribution in [0, 0.1) is 12.7 Å². The van der Waals surface area contributed by atoms with Crippen LogP contribution >= 0.6 is 27.3 Å². The van der Waals surface area contributed by atoms with Gasteiger partial charge < -0.3 is 10.4 Å². The van der Waals surface area contributed by atoms with Crippen molar-refractivity contribution >= 4 is 44.1 Å². The van der Waals surface area contributed by atoms with Gasteiger partial charge in [0.25, 0.3) is 5.91 Å². The lowest BCUT2D eigenvalue weighted by Gasteiger charge is -2.05. The van der Waals surface area contributed by atoms with E-state index in [-0.39, 0.29) is 16.1 Å². The van der Waals surface area contributed by atoms with E-state index < -0.39 is 17.7 Å². The van der Waals surface area contributed by atoms with E-state index in [9.17, 15) is 14.0 Å². The van der Waals surface area contributed by atoms with Gasteiger partial charge in [0.1, 0.15) is 10.8 Å². The van der Waals surface area contributed by atoms with Gasteiger partial charge in [0, 0.05) is 9.35 Å². The van der Waals surface area contributed by atoms with Gasteiger partial charge in [-0.3, -0.25) is 4.79 Å². The molecule has 1 heterocycles. The van der Waals surface area contributed by atoms with Crippen molar-refractivity contribution in [3.8, 4) is 0 Å². The fourth-order valence-corrected chi connectivity index (χ4v) is 2.87. The van der Waals surface area contributed by atoms with Gasteiger partial charge >= 0.3 is 5.97 Å². The molecular formula is C13H9BrFNO3S. The highest BCUT2D eigenvalue weighted by Crippen LogP contribution is 2.28. The normalized spacial score (nSPS) is 10.3. The number of hydrogen-bond acceptors (Lipinski definition) is 3. The second kappa shape index (κ2) is 5.72. The third kappa shape index (κ3) is 3.05. The predicted octanol–water partition coefficient (Wildman–Crippen LogP) is 3.91. The minimum Gasteiger partial charge on any atom is -0.478 e. The van der Waals surface area contributed by atoms with Gasteiger partial charge in [-0.2, -0.15) is 0 Å². The minimum atomic E-state index is -1.14. The molecule has 0 aliphatic carbocycles. The summed E-state index contributed by atoms with van der Waals surface area (Å²) in [6, 6.07) is 5.44. The van der Waals surface area contributed by atoms with E-state index in [1.54, 1.807) is 6.92 Å². The fraction of sp³-hybridized carbons (Fsp3) is 0.0769. The molecule has 2 rings (SSSR count). The van der Waals surface area contributed by atoms with Crippen molar-refractivity contribution in [1.29, 1.82) is 0 Å². The van der Waals surface area contributed by atoms with E-state index in [1.807, 2.05) is 0 Å². The van der Waals surface area contributed by atoms with E-state index in [0.717, 1.165) is 22.3 Å². The first-order valence-corrected chi connectivity index (χ1v) is 7.09. The SMILES string of the molecule is Cc1cc(C(=O)O)c(NC(=O)c2cc(Br)ccc2F)s1. The van der Waals surface area contributed by atoms with Crippen LogP contribution < -0.4 is 5.32 Å². The third-order valence-electron chi connectivity index (χ3n) is 2.49. The zero-order valence-corrected chi connectivity index (χ0v) is 12.6. The lowest BCUT2D eigenvalue weighted by atomic mass is 10.2. The Labute approximate surface area is 126 Å². The molecule has 104 valence electrons. The Hall–Kier alpha value is -1.73. The van der Waals surface area contributed by atoms with Crippen molar-refractivity contribution < 1.29 is 19.1 Å². The van der Waals surface area contributed by atoms with Gasteiger partial charge in [0.15, 0.2) is 0 Å². The van der Waals surface area contributed by atoms with Crippen molar-refractivity contribution in [2.24, 2.45) is 0 Å². The van der Waals surface area contributed by atoms with Crippen LogP contribution in [0.3, 0.4) is 0 Å². The predicted molar refractivity (Wildman–Crippen MR) is 78.1 cm³/mol. The molecule has 1 aromatic heterocycles. The summed E-state index contributed by atoms with van der Waals surface area (Å²) in [6.07, 6.45) is 0. The summed E-state index contributed by atoms with van der Waals surface area (Å²) in [5.74, 6) is -2.50. The zero-order chi connectivity index (χ0) is 14.9. The van der Waals surface area contributed by atoms with Crippen LogP contribution in [0.15, 0.2) is 28.7 Å². The number of halogens is 2. The van der Waals surface area contributed by atoms with E-state index in [1.165, 1.54) is 18.2 Å². The number of benzene rings is 1. The molecule has 0 aliphatic heterocycles. The summed E-state index contributed by atoms with van der Waals surface area (Å²) in [4.78, 5) is 23.8. The molecule has 20 heavy (non-hydrogen) atoms. The molecule has 0 unspecified atom stereocenters. The highest BCUT2D eigenvalue weighted by Gasteiger charge is 2.18. The van der Waals surface area contributed by atoms with E-state index >= 15 is 0 Å². The van der Waals surface area contributed by atoms with Crippen LogP contribution in [0.25, 0.3) is 0 Å². The monoisotopic (exact) mass is 357 g/mol. The average molecular weight is 358 g/mol. The topological polar surface area (TPSA) is 66.4 Å². The van der Waals surface area contributed by atoms with Crippen LogP contribution in [-0.2, 0) is 0 Å². The smallest absolute Gasteiger partial charge is 0.338 e. The molecule has 0 radical (unpaired) electrons. The van der Waals surface area contributed by atoms with Crippen molar-refractivity contribution in [3.05, 3.63) is 50.6 Å². The Kier molecular flexibility index (Phi) is 4.20. The van der Waals surface area contributed by atoms with Crippen LogP contribution in [0.5, 0.6) is 0 Å². The Bertz CT molecular complexity index is 699. The van der Waals surface area contributed by atoms with Gasteiger partial charge in [-0.25, -0.2) is 9.18 Å². The third-order valence-corrected chi connectivity index (χ3v) is 3.94. The number of amides is 1. The molecule has 2 N–H and O–H groups in total. The molecule has 2 aromatic rings. The van der Waals surface area contributed by atoms with Crippen LogP contribution in [0.2, 0.25) is 0 Å². The van der Waals surface area contributed by atoms with Crippen LogP contribution in [0.4, 0.5) is 9.39 Å². The van der Waals surface area contributed by atoms with Gasteiger partial charge in [0.05, 0.1) is 11.1 Å². The van der Waals surface area contributed by atoms with E-state index in [2.05, 4.69) is 21.2 Å². The number of aryl methyl sites for hydroxylation is 1. The molecule has 0 spiro atoms. The van der Waals surface area contributed by atoms with Crippen molar-refractivity contribution in [1.82, 2.24) is 0 Å². The number of anilines is 1. The van der Waals surface area contributed by atoms with Gasteiger partial charge in [-0.15, -0.1) is 11.3 Å². The van der Waals surface area contributed by atoms with Gasteiger partial charge in [-0.05, 0) is 31.2 Å². The van der Waals surface area contributed by atoms with Crippen molar-refractivity contribution in [3.63, 3.8) is 0 Å². The molecule has 0 fully saturated rings. The summed E-state index contributed by atoms with van der Waals surface area (Å²) in [5, 5.41) is 11.7. The molecule has 0 aliphatic rings. The number of carbonyl (C=O) groups is 2. The molecule has 1 aromatic carbocycles. The largest absolute Gasteiger partial charge is 0.478 e.